The summed E-state index contributed by atoms with van der Waals surface area (Å²) in [6.45, 7) is 5.25. The molecule has 1 atom stereocenters. The van der Waals surface area contributed by atoms with Gasteiger partial charge in [0.15, 0.2) is 5.76 Å². The minimum atomic E-state index is -1.03. The first-order valence-electron chi connectivity index (χ1n) is 13.4. The van der Waals surface area contributed by atoms with E-state index in [4.69, 9.17) is 13.9 Å². The van der Waals surface area contributed by atoms with E-state index in [0.717, 1.165) is 48.6 Å². The summed E-state index contributed by atoms with van der Waals surface area (Å²) in [4.78, 5) is 45.7. The lowest BCUT2D eigenvalue weighted by atomic mass is 9.92. The largest absolute Gasteiger partial charge is 0.502 e. The van der Waals surface area contributed by atoms with Gasteiger partial charge in [-0.2, -0.15) is 0 Å². The van der Waals surface area contributed by atoms with Gasteiger partial charge >= 0.3 is 5.97 Å². The first-order valence-corrected chi connectivity index (χ1v) is 13.4. The van der Waals surface area contributed by atoms with Gasteiger partial charge in [0.25, 0.3) is 5.56 Å². The highest BCUT2D eigenvalue weighted by Gasteiger charge is 2.29. The lowest BCUT2D eigenvalue weighted by molar-refractivity contribution is -0.140. The quantitative estimate of drug-likeness (QED) is 0.312. The molecule has 3 heterocycles. The van der Waals surface area contributed by atoms with E-state index in [1.165, 1.54) is 13.2 Å². The van der Waals surface area contributed by atoms with E-state index in [0.29, 0.717) is 17.8 Å². The number of aryl methyl sites for hydroxylation is 1. The third-order valence-electron chi connectivity index (χ3n) is 7.51. The maximum Gasteiger partial charge on any atom is 0.306 e. The normalized spacial score (nSPS) is 14.7. The number of nitrogens with zero attached hydrogens (tertiary/aromatic N) is 2. The first kappa shape index (κ1) is 28.0. The summed E-state index contributed by atoms with van der Waals surface area (Å²) in [6, 6.07) is 16.4. The van der Waals surface area contributed by atoms with Crippen molar-refractivity contribution in [1.29, 1.82) is 0 Å². The molecule has 0 amide bonds. The molecule has 1 saturated heterocycles. The van der Waals surface area contributed by atoms with Gasteiger partial charge in [-0.25, -0.2) is 0 Å². The van der Waals surface area contributed by atoms with Crippen molar-refractivity contribution in [3.8, 4) is 11.5 Å². The number of rotatable bonds is 8. The molecule has 0 aliphatic carbocycles. The number of ether oxygens (including phenoxy) is 2. The van der Waals surface area contributed by atoms with Crippen LogP contribution in [0.15, 0.2) is 68.6 Å². The maximum absolute atomic E-state index is 13.2. The SMILES string of the molecule is COC(=O)CC(c1oc(CN2CCN(c3ccc(OC)cc3)CC2)cc(=O)c1O)c1cc2ccc(C)cc2[nH]c1=O. The molecule has 2 aromatic carbocycles. The number of benzene rings is 2. The number of fused-ring (bicyclic) bond motifs is 1. The van der Waals surface area contributed by atoms with Crippen molar-refractivity contribution in [3.05, 3.63) is 97.8 Å². The predicted molar refractivity (Wildman–Crippen MR) is 155 cm³/mol. The average Bonchev–Trinajstić information content (AvgIpc) is 2.98. The smallest absolute Gasteiger partial charge is 0.306 e. The van der Waals surface area contributed by atoms with Gasteiger partial charge in [-0.05, 0) is 54.3 Å². The fourth-order valence-corrected chi connectivity index (χ4v) is 5.23. The van der Waals surface area contributed by atoms with Crippen molar-refractivity contribution in [2.45, 2.75) is 25.8 Å². The molecule has 1 unspecified atom stereocenters. The first-order chi connectivity index (χ1) is 19.7. The van der Waals surface area contributed by atoms with Gasteiger partial charge < -0.3 is 28.9 Å². The standard InChI is InChI=1S/C31H33N3O7/c1-19-4-5-20-15-25(31(38)32-26(20)14-19)24(17-28(36)40-3)30-29(37)27(35)16-23(41-30)18-33-10-12-34(13-11-33)21-6-8-22(39-2)9-7-21/h4-9,14-16,24,37H,10-13,17-18H2,1-3H3,(H,32,38). The second-order valence-corrected chi connectivity index (χ2v) is 10.2. The molecule has 0 saturated carbocycles. The molecule has 1 aliphatic heterocycles. The molecule has 41 heavy (non-hydrogen) atoms. The zero-order valence-corrected chi connectivity index (χ0v) is 23.3. The van der Waals surface area contributed by atoms with Crippen LogP contribution in [0.5, 0.6) is 11.5 Å². The highest BCUT2D eigenvalue weighted by molar-refractivity contribution is 5.80. The van der Waals surface area contributed by atoms with Crippen LogP contribution in [-0.4, -0.2) is 61.4 Å². The van der Waals surface area contributed by atoms with Crippen molar-refractivity contribution in [2.75, 3.05) is 45.3 Å². The van der Waals surface area contributed by atoms with Crippen LogP contribution in [0.1, 0.15) is 35.0 Å². The summed E-state index contributed by atoms with van der Waals surface area (Å²) in [5.74, 6) is -1.26. The number of esters is 1. The number of hydrogen-bond donors (Lipinski definition) is 2. The second kappa shape index (κ2) is 11.9. The van der Waals surface area contributed by atoms with E-state index in [-0.39, 0.29) is 17.7 Å². The Labute approximate surface area is 236 Å². The van der Waals surface area contributed by atoms with Crippen LogP contribution in [0.25, 0.3) is 10.9 Å². The van der Waals surface area contributed by atoms with E-state index in [1.54, 1.807) is 13.2 Å². The number of aromatic amines is 1. The number of piperazine rings is 1. The van der Waals surface area contributed by atoms with Crippen molar-refractivity contribution in [2.24, 2.45) is 0 Å². The summed E-state index contributed by atoms with van der Waals surface area (Å²) in [5, 5.41) is 11.5. The molecule has 1 aliphatic rings. The minimum Gasteiger partial charge on any atom is -0.502 e. The molecule has 4 aromatic rings. The molecule has 0 spiro atoms. The number of H-pyrrole nitrogens is 1. The number of aromatic nitrogens is 1. The number of pyridine rings is 1. The molecule has 5 rings (SSSR count). The molecule has 1 fully saturated rings. The maximum atomic E-state index is 13.2. The molecular formula is C31H33N3O7. The van der Waals surface area contributed by atoms with E-state index in [9.17, 15) is 19.5 Å². The summed E-state index contributed by atoms with van der Waals surface area (Å²) >= 11 is 0. The number of anilines is 1. The number of methoxy groups -OCH3 is 2. The van der Waals surface area contributed by atoms with Gasteiger partial charge in [-0.3, -0.25) is 19.3 Å². The van der Waals surface area contributed by atoms with E-state index >= 15 is 0 Å². The van der Waals surface area contributed by atoms with Crippen LogP contribution in [-0.2, 0) is 16.1 Å². The Morgan fingerprint density at radius 3 is 2.44 bits per heavy atom. The van der Waals surface area contributed by atoms with Crippen LogP contribution in [0.2, 0.25) is 0 Å². The topological polar surface area (TPSA) is 125 Å². The zero-order valence-electron chi connectivity index (χ0n) is 23.3. The third kappa shape index (κ3) is 6.12. The van der Waals surface area contributed by atoms with Gasteiger partial charge in [0.05, 0.1) is 33.1 Å². The number of carbonyl (C=O) groups is 1. The Hall–Kier alpha value is -4.57. The predicted octanol–water partition coefficient (Wildman–Crippen LogP) is 3.52. The van der Waals surface area contributed by atoms with Crippen LogP contribution >= 0.6 is 0 Å². The molecule has 2 N–H and O–H groups in total. The Kier molecular flexibility index (Phi) is 8.11. The number of aromatic hydroxyl groups is 1. The van der Waals surface area contributed by atoms with Gasteiger partial charge in [-0.1, -0.05) is 12.1 Å². The van der Waals surface area contributed by atoms with Crippen molar-refractivity contribution in [3.63, 3.8) is 0 Å². The van der Waals surface area contributed by atoms with Crippen molar-refractivity contribution in [1.82, 2.24) is 9.88 Å². The van der Waals surface area contributed by atoms with Gasteiger partial charge in [-0.15, -0.1) is 0 Å². The average molecular weight is 560 g/mol. The Morgan fingerprint density at radius 1 is 1.02 bits per heavy atom. The van der Waals surface area contributed by atoms with Crippen molar-refractivity contribution < 1.29 is 23.8 Å². The molecule has 10 nitrogen and oxygen atoms in total. The molecular weight excluding hydrogens is 526 g/mol. The van der Waals surface area contributed by atoms with Gasteiger partial charge in [0, 0.05) is 49.0 Å². The zero-order chi connectivity index (χ0) is 29.1. The Balaban J connectivity index is 1.42. The number of carbonyl (C=O) groups excluding carboxylic acids is 1. The molecule has 214 valence electrons. The van der Waals surface area contributed by atoms with Gasteiger partial charge in [0.2, 0.25) is 11.2 Å². The summed E-state index contributed by atoms with van der Waals surface area (Å²) in [5.41, 5.74) is 1.83. The third-order valence-corrected chi connectivity index (χ3v) is 7.51. The van der Waals surface area contributed by atoms with Crippen LogP contribution in [0, 0.1) is 6.92 Å². The number of hydrogen-bond acceptors (Lipinski definition) is 9. The Morgan fingerprint density at radius 2 is 1.76 bits per heavy atom. The highest BCUT2D eigenvalue weighted by atomic mass is 16.5. The van der Waals surface area contributed by atoms with Crippen LogP contribution in [0.3, 0.4) is 0 Å². The lowest BCUT2D eigenvalue weighted by Crippen LogP contribution is -2.46. The monoisotopic (exact) mass is 559 g/mol. The molecule has 2 aromatic heterocycles. The van der Waals surface area contributed by atoms with E-state index in [2.05, 4.69) is 14.8 Å². The highest BCUT2D eigenvalue weighted by Crippen LogP contribution is 2.33. The van der Waals surface area contributed by atoms with Crippen LogP contribution < -0.4 is 20.6 Å². The fraction of sp³-hybridized carbons (Fsp3) is 0.323. The van der Waals surface area contributed by atoms with Gasteiger partial charge in [0.1, 0.15) is 11.5 Å². The van der Waals surface area contributed by atoms with Crippen molar-refractivity contribution >= 4 is 22.6 Å². The summed E-state index contributed by atoms with van der Waals surface area (Å²) in [6.07, 6.45) is -0.294. The van der Waals surface area contributed by atoms with Crippen LogP contribution in [0.4, 0.5) is 5.69 Å². The fourth-order valence-electron chi connectivity index (χ4n) is 5.23. The molecule has 0 radical (unpaired) electrons. The second-order valence-electron chi connectivity index (χ2n) is 10.2. The summed E-state index contributed by atoms with van der Waals surface area (Å²) in [7, 11) is 2.88. The lowest BCUT2D eigenvalue weighted by Gasteiger charge is -2.36. The summed E-state index contributed by atoms with van der Waals surface area (Å²) < 4.78 is 16.2. The molecule has 10 heteroatoms. The Bertz CT molecular complexity index is 1670. The van der Waals surface area contributed by atoms with E-state index in [1.807, 2.05) is 49.4 Å². The van der Waals surface area contributed by atoms with E-state index < -0.39 is 28.6 Å². The number of nitrogens with one attached hydrogen (secondary N) is 1. The minimum absolute atomic E-state index is 0.133. The molecule has 0 bridgehead atoms.